The van der Waals surface area contributed by atoms with E-state index in [1.165, 1.54) is 0 Å². The standard InChI is InChI=1S/C21H28N2O5S/c1-15-7-6-8-18(13-15)23(29(5,25)26)17(3)21(24)22-16(2)14-28-20-11-9-19(27-4)10-12-20/h6-13,16-17H,14H2,1-5H3,(H,22,24). The van der Waals surface area contributed by atoms with Crippen LogP contribution in [0.5, 0.6) is 11.5 Å². The maximum atomic E-state index is 12.7. The highest BCUT2D eigenvalue weighted by molar-refractivity contribution is 7.92. The molecule has 0 fully saturated rings. The Kier molecular flexibility index (Phi) is 7.50. The Morgan fingerprint density at radius 2 is 1.72 bits per heavy atom. The number of hydrogen-bond donors (Lipinski definition) is 1. The Morgan fingerprint density at radius 1 is 1.10 bits per heavy atom. The van der Waals surface area contributed by atoms with Crippen molar-refractivity contribution in [1.82, 2.24) is 5.32 Å². The van der Waals surface area contributed by atoms with Crippen molar-refractivity contribution >= 4 is 21.6 Å². The van der Waals surface area contributed by atoms with Crippen LogP contribution < -0.4 is 19.1 Å². The number of amides is 1. The first-order chi connectivity index (χ1) is 13.6. The molecule has 0 aliphatic carbocycles. The Labute approximate surface area is 172 Å². The lowest BCUT2D eigenvalue weighted by Crippen LogP contribution is -2.50. The first-order valence-corrected chi connectivity index (χ1v) is 11.1. The minimum absolute atomic E-state index is 0.244. The second-order valence-electron chi connectivity index (χ2n) is 6.97. The van der Waals surface area contributed by atoms with E-state index >= 15 is 0 Å². The minimum atomic E-state index is -3.65. The molecule has 0 spiro atoms. The highest BCUT2D eigenvalue weighted by Crippen LogP contribution is 2.22. The van der Waals surface area contributed by atoms with Crippen molar-refractivity contribution in [3.05, 3.63) is 54.1 Å². The van der Waals surface area contributed by atoms with Crippen LogP contribution in [0.25, 0.3) is 0 Å². The van der Waals surface area contributed by atoms with Crippen LogP contribution in [0.2, 0.25) is 0 Å². The topological polar surface area (TPSA) is 84.9 Å². The van der Waals surface area contributed by atoms with Gasteiger partial charge in [0.05, 0.1) is 25.1 Å². The van der Waals surface area contributed by atoms with Crippen LogP contribution in [0, 0.1) is 6.92 Å². The molecule has 1 N–H and O–H groups in total. The van der Waals surface area contributed by atoms with E-state index in [-0.39, 0.29) is 12.6 Å². The van der Waals surface area contributed by atoms with Gasteiger partial charge in [0.25, 0.3) is 0 Å². The highest BCUT2D eigenvalue weighted by atomic mass is 32.2. The van der Waals surface area contributed by atoms with Crippen LogP contribution >= 0.6 is 0 Å². The molecule has 0 heterocycles. The first kappa shape index (κ1) is 22.5. The van der Waals surface area contributed by atoms with Gasteiger partial charge in [-0.25, -0.2) is 8.42 Å². The van der Waals surface area contributed by atoms with Crippen molar-refractivity contribution in [2.75, 3.05) is 24.3 Å². The Hall–Kier alpha value is -2.74. The van der Waals surface area contributed by atoms with Gasteiger partial charge in [0.2, 0.25) is 15.9 Å². The molecule has 0 aliphatic rings. The fourth-order valence-electron chi connectivity index (χ4n) is 2.87. The van der Waals surface area contributed by atoms with Gasteiger partial charge in [-0.2, -0.15) is 0 Å². The zero-order valence-electron chi connectivity index (χ0n) is 17.4. The molecule has 2 aromatic carbocycles. The Morgan fingerprint density at radius 3 is 2.28 bits per heavy atom. The molecule has 2 aromatic rings. The van der Waals surface area contributed by atoms with Crippen LogP contribution in [0.3, 0.4) is 0 Å². The number of rotatable bonds is 9. The number of ether oxygens (including phenoxy) is 2. The largest absolute Gasteiger partial charge is 0.497 e. The van der Waals surface area contributed by atoms with E-state index < -0.39 is 22.0 Å². The molecule has 0 saturated heterocycles. The van der Waals surface area contributed by atoms with E-state index in [9.17, 15) is 13.2 Å². The van der Waals surface area contributed by atoms with E-state index in [4.69, 9.17) is 9.47 Å². The molecule has 7 nitrogen and oxygen atoms in total. The third kappa shape index (κ3) is 6.39. The summed E-state index contributed by atoms with van der Waals surface area (Å²) >= 11 is 0. The van der Waals surface area contributed by atoms with Crippen LogP contribution in [0.4, 0.5) is 5.69 Å². The van der Waals surface area contributed by atoms with Gasteiger partial charge in [-0.05, 0) is 62.7 Å². The van der Waals surface area contributed by atoms with E-state index in [0.717, 1.165) is 21.9 Å². The van der Waals surface area contributed by atoms with Gasteiger partial charge in [-0.3, -0.25) is 9.10 Å². The Bertz CT molecular complexity index is 928. The van der Waals surface area contributed by atoms with Crippen molar-refractivity contribution in [1.29, 1.82) is 0 Å². The molecule has 2 atom stereocenters. The van der Waals surface area contributed by atoms with Crippen LogP contribution in [0.1, 0.15) is 19.4 Å². The van der Waals surface area contributed by atoms with E-state index in [0.29, 0.717) is 11.4 Å². The zero-order valence-corrected chi connectivity index (χ0v) is 18.2. The molecule has 0 radical (unpaired) electrons. The summed E-state index contributed by atoms with van der Waals surface area (Å²) in [5, 5.41) is 2.81. The smallest absolute Gasteiger partial charge is 0.243 e. The molecule has 1 amide bonds. The highest BCUT2D eigenvalue weighted by Gasteiger charge is 2.29. The molecular formula is C21H28N2O5S. The SMILES string of the molecule is COc1ccc(OCC(C)NC(=O)C(C)N(c2cccc(C)c2)S(C)(=O)=O)cc1. The van der Waals surface area contributed by atoms with Gasteiger partial charge >= 0.3 is 0 Å². The van der Waals surface area contributed by atoms with Gasteiger partial charge in [0, 0.05) is 0 Å². The zero-order chi connectivity index (χ0) is 21.6. The van der Waals surface area contributed by atoms with Gasteiger partial charge in [-0.15, -0.1) is 0 Å². The third-order valence-electron chi connectivity index (χ3n) is 4.29. The van der Waals surface area contributed by atoms with Crippen molar-refractivity contribution < 1.29 is 22.7 Å². The molecule has 158 valence electrons. The second-order valence-corrected chi connectivity index (χ2v) is 8.83. The summed E-state index contributed by atoms with van der Waals surface area (Å²) in [6, 6.07) is 12.9. The van der Waals surface area contributed by atoms with Crippen LogP contribution in [-0.2, 0) is 14.8 Å². The van der Waals surface area contributed by atoms with Gasteiger partial charge in [0.15, 0.2) is 0 Å². The minimum Gasteiger partial charge on any atom is -0.497 e. The number of aryl methyl sites for hydroxylation is 1. The van der Waals surface area contributed by atoms with Crippen molar-refractivity contribution in [3.8, 4) is 11.5 Å². The lowest BCUT2D eigenvalue weighted by atomic mass is 10.2. The van der Waals surface area contributed by atoms with Crippen LogP contribution in [-0.4, -0.2) is 46.4 Å². The predicted octanol–water partition coefficient (Wildman–Crippen LogP) is 2.74. The summed E-state index contributed by atoms with van der Waals surface area (Å²) in [6.45, 7) is 5.47. The quantitative estimate of drug-likeness (QED) is 0.674. The third-order valence-corrected chi connectivity index (χ3v) is 5.53. The van der Waals surface area contributed by atoms with Crippen molar-refractivity contribution in [3.63, 3.8) is 0 Å². The van der Waals surface area contributed by atoms with Crippen molar-refractivity contribution in [2.24, 2.45) is 0 Å². The summed E-state index contributed by atoms with van der Waals surface area (Å²) in [5.74, 6) is 0.977. The number of carbonyl (C=O) groups excluding carboxylic acids is 1. The van der Waals surface area contributed by atoms with Gasteiger partial charge < -0.3 is 14.8 Å². The van der Waals surface area contributed by atoms with Crippen LogP contribution in [0.15, 0.2) is 48.5 Å². The van der Waals surface area contributed by atoms with Gasteiger partial charge in [0.1, 0.15) is 24.1 Å². The molecule has 0 aromatic heterocycles. The molecule has 0 bridgehead atoms. The summed E-state index contributed by atoms with van der Waals surface area (Å²) in [4.78, 5) is 12.7. The number of anilines is 1. The fourth-order valence-corrected chi connectivity index (χ4v) is 4.04. The Balaban J connectivity index is 2.02. The predicted molar refractivity (Wildman–Crippen MR) is 114 cm³/mol. The number of nitrogens with zero attached hydrogens (tertiary/aromatic N) is 1. The molecule has 8 heteroatoms. The van der Waals surface area contributed by atoms with Crippen molar-refractivity contribution in [2.45, 2.75) is 32.9 Å². The van der Waals surface area contributed by atoms with E-state index in [1.807, 2.05) is 13.0 Å². The molecular weight excluding hydrogens is 392 g/mol. The molecule has 2 rings (SSSR count). The van der Waals surface area contributed by atoms with E-state index in [1.54, 1.807) is 63.4 Å². The molecule has 0 saturated carbocycles. The first-order valence-electron chi connectivity index (χ1n) is 9.25. The summed E-state index contributed by atoms with van der Waals surface area (Å²) in [5.41, 5.74) is 1.36. The molecule has 29 heavy (non-hydrogen) atoms. The summed E-state index contributed by atoms with van der Waals surface area (Å²) < 4.78 is 36.6. The normalized spacial score (nSPS) is 13.3. The monoisotopic (exact) mass is 420 g/mol. The summed E-state index contributed by atoms with van der Waals surface area (Å²) in [6.07, 6.45) is 1.09. The lowest BCUT2D eigenvalue weighted by molar-refractivity contribution is -0.122. The molecule has 0 aliphatic heterocycles. The average Bonchev–Trinajstić information content (AvgIpc) is 2.65. The second kappa shape index (κ2) is 9.65. The average molecular weight is 421 g/mol. The number of sulfonamides is 1. The maximum absolute atomic E-state index is 12.7. The fraction of sp³-hybridized carbons (Fsp3) is 0.381. The number of benzene rings is 2. The lowest BCUT2D eigenvalue weighted by Gasteiger charge is -2.29. The number of hydrogen-bond acceptors (Lipinski definition) is 5. The number of methoxy groups -OCH3 is 1. The number of carbonyl (C=O) groups is 1. The number of nitrogens with one attached hydrogen (secondary N) is 1. The van der Waals surface area contributed by atoms with E-state index in [2.05, 4.69) is 5.32 Å². The molecule has 2 unspecified atom stereocenters. The summed E-state index contributed by atoms with van der Waals surface area (Å²) in [7, 11) is -2.06. The maximum Gasteiger partial charge on any atom is 0.243 e. The van der Waals surface area contributed by atoms with Gasteiger partial charge in [-0.1, -0.05) is 12.1 Å².